The van der Waals surface area contributed by atoms with E-state index in [1.165, 1.54) is 0 Å². The van der Waals surface area contributed by atoms with Gasteiger partial charge >= 0.3 is 0 Å². The molecule has 2 aromatic rings. The lowest BCUT2D eigenvalue weighted by molar-refractivity contribution is 0.516. The van der Waals surface area contributed by atoms with Crippen LogP contribution in [0.25, 0.3) is 0 Å². The van der Waals surface area contributed by atoms with Crippen LogP contribution >= 0.6 is 0 Å². The number of nitrogens with zero attached hydrogens (tertiary/aromatic N) is 3. The molecule has 0 radical (unpaired) electrons. The molecule has 0 saturated carbocycles. The van der Waals surface area contributed by atoms with Crippen LogP contribution < -0.4 is 11.3 Å². The Morgan fingerprint density at radius 3 is 2.84 bits per heavy atom. The van der Waals surface area contributed by atoms with Crippen molar-refractivity contribution >= 4 is 0 Å². The molecule has 5 heteroatoms. The van der Waals surface area contributed by atoms with Crippen LogP contribution in [0, 0.1) is 6.92 Å². The highest BCUT2D eigenvalue weighted by molar-refractivity contribution is 5.23. The Kier molecular flexibility index (Phi) is 4.29. The van der Waals surface area contributed by atoms with Gasteiger partial charge < -0.3 is 0 Å². The van der Waals surface area contributed by atoms with Crippen molar-refractivity contribution in [3.63, 3.8) is 0 Å². The van der Waals surface area contributed by atoms with Crippen molar-refractivity contribution in [3.05, 3.63) is 47.0 Å². The predicted octanol–water partition coefficient (Wildman–Crippen LogP) is 1.43. The second kappa shape index (κ2) is 5.95. The van der Waals surface area contributed by atoms with Gasteiger partial charge in [-0.1, -0.05) is 13.0 Å². The van der Waals surface area contributed by atoms with E-state index in [4.69, 9.17) is 5.84 Å². The lowest BCUT2D eigenvalue weighted by Crippen LogP contribution is -2.31. The maximum Gasteiger partial charge on any atom is 0.0690 e. The highest BCUT2D eigenvalue weighted by Crippen LogP contribution is 2.19. The fourth-order valence-electron chi connectivity index (χ4n) is 2.24. The number of hydrazine groups is 1. The van der Waals surface area contributed by atoms with Gasteiger partial charge in [-0.25, -0.2) is 0 Å². The molecular weight excluding hydrogens is 238 g/mol. The zero-order valence-corrected chi connectivity index (χ0v) is 11.7. The molecule has 2 heterocycles. The van der Waals surface area contributed by atoms with Gasteiger partial charge in [0.25, 0.3) is 0 Å². The number of rotatable bonds is 5. The standard InChI is InChI=1S/C14H21N5/c1-4-11-8-12(19(3)18-11)9-13(17-15)14-10(2)6-5-7-16-14/h5-8,13,17H,4,9,15H2,1-3H3. The van der Waals surface area contributed by atoms with Gasteiger partial charge in [-0.05, 0) is 31.0 Å². The van der Waals surface area contributed by atoms with Crippen molar-refractivity contribution < 1.29 is 0 Å². The fourth-order valence-corrected chi connectivity index (χ4v) is 2.24. The molecule has 0 spiro atoms. The van der Waals surface area contributed by atoms with Gasteiger partial charge in [0, 0.05) is 25.4 Å². The fraction of sp³-hybridized carbons (Fsp3) is 0.429. The van der Waals surface area contributed by atoms with E-state index in [9.17, 15) is 0 Å². The minimum Gasteiger partial charge on any atom is -0.272 e. The highest BCUT2D eigenvalue weighted by atomic mass is 15.3. The third kappa shape index (κ3) is 3.00. The van der Waals surface area contributed by atoms with E-state index in [1.54, 1.807) is 6.20 Å². The summed E-state index contributed by atoms with van der Waals surface area (Å²) >= 11 is 0. The van der Waals surface area contributed by atoms with E-state index >= 15 is 0 Å². The minimum atomic E-state index is 0.00121. The summed E-state index contributed by atoms with van der Waals surface area (Å²) in [4.78, 5) is 4.43. The lowest BCUT2D eigenvalue weighted by atomic mass is 10.0. The second-order valence-corrected chi connectivity index (χ2v) is 4.73. The minimum absolute atomic E-state index is 0.00121. The van der Waals surface area contributed by atoms with E-state index in [2.05, 4.69) is 28.5 Å². The summed E-state index contributed by atoms with van der Waals surface area (Å²) in [7, 11) is 1.97. The lowest BCUT2D eigenvalue weighted by Gasteiger charge is -2.17. The van der Waals surface area contributed by atoms with Crippen LogP contribution in [-0.2, 0) is 19.9 Å². The van der Waals surface area contributed by atoms with Gasteiger partial charge in [0.2, 0.25) is 0 Å². The van der Waals surface area contributed by atoms with Crippen molar-refractivity contribution in [2.45, 2.75) is 32.7 Å². The smallest absolute Gasteiger partial charge is 0.0690 e. The summed E-state index contributed by atoms with van der Waals surface area (Å²) in [5.74, 6) is 5.69. The molecule has 1 unspecified atom stereocenters. The Hall–Kier alpha value is -1.72. The van der Waals surface area contributed by atoms with Crippen LogP contribution in [0.3, 0.4) is 0 Å². The first-order chi connectivity index (χ1) is 9.15. The quantitative estimate of drug-likeness (QED) is 0.629. The van der Waals surface area contributed by atoms with Gasteiger partial charge in [0.15, 0.2) is 0 Å². The number of nitrogens with two attached hydrogens (primary N) is 1. The molecule has 2 aromatic heterocycles. The third-order valence-corrected chi connectivity index (χ3v) is 3.38. The first kappa shape index (κ1) is 13.7. The molecule has 0 saturated heterocycles. The molecule has 102 valence electrons. The van der Waals surface area contributed by atoms with Crippen LogP contribution in [0.5, 0.6) is 0 Å². The Balaban J connectivity index is 2.24. The molecule has 0 aliphatic heterocycles. The molecular formula is C14H21N5. The molecule has 1 atom stereocenters. The molecule has 19 heavy (non-hydrogen) atoms. The van der Waals surface area contributed by atoms with E-state index < -0.39 is 0 Å². The van der Waals surface area contributed by atoms with E-state index in [-0.39, 0.29) is 6.04 Å². The van der Waals surface area contributed by atoms with E-state index in [0.717, 1.165) is 35.5 Å². The molecule has 5 nitrogen and oxygen atoms in total. The highest BCUT2D eigenvalue weighted by Gasteiger charge is 2.16. The number of aromatic nitrogens is 3. The van der Waals surface area contributed by atoms with Gasteiger partial charge in [0.05, 0.1) is 17.4 Å². The molecule has 0 aromatic carbocycles. The van der Waals surface area contributed by atoms with Gasteiger partial charge in [0.1, 0.15) is 0 Å². The summed E-state index contributed by atoms with van der Waals surface area (Å²) in [5, 5.41) is 4.46. The number of hydrogen-bond acceptors (Lipinski definition) is 4. The van der Waals surface area contributed by atoms with E-state index in [1.807, 2.05) is 30.8 Å². The Bertz CT molecular complexity index is 547. The largest absolute Gasteiger partial charge is 0.272 e. The van der Waals surface area contributed by atoms with Crippen LogP contribution in [0.15, 0.2) is 24.4 Å². The average Bonchev–Trinajstić information content (AvgIpc) is 2.77. The van der Waals surface area contributed by atoms with Crippen LogP contribution in [-0.4, -0.2) is 14.8 Å². The first-order valence-corrected chi connectivity index (χ1v) is 6.55. The average molecular weight is 259 g/mol. The Morgan fingerprint density at radius 1 is 1.47 bits per heavy atom. The summed E-state index contributed by atoms with van der Waals surface area (Å²) in [5.41, 5.74) is 7.25. The van der Waals surface area contributed by atoms with Crippen molar-refractivity contribution in [3.8, 4) is 0 Å². The van der Waals surface area contributed by atoms with Crippen LogP contribution in [0.2, 0.25) is 0 Å². The third-order valence-electron chi connectivity index (χ3n) is 3.38. The molecule has 0 aliphatic carbocycles. The number of nitrogens with one attached hydrogen (secondary N) is 1. The summed E-state index contributed by atoms with van der Waals surface area (Å²) in [6.45, 7) is 4.15. The van der Waals surface area contributed by atoms with Crippen molar-refractivity contribution in [1.82, 2.24) is 20.2 Å². The topological polar surface area (TPSA) is 68.8 Å². The van der Waals surface area contributed by atoms with Crippen molar-refractivity contribution in [1.29, 1.82) is 0 Å². The molecule has 0 bridgehead atoms. The molecule has 0 aliphatic rings. The second-order valence-electron chi connectivity index (χ2n) is 4.73. The van der Waals surface area contributed by atoms with Gasteiger partial charge in [-0.2, -0.15) is 5.10 Å². The number of pyridine rings is 1. The zero-order chi connectivity index (χ0) is 13.8. The normalized spacial score (nSPS) is 12.6. The number of aryl methyl sites for hydroxylation is 3. The van der Waals surface area contributed by atoms with Gasteiger partial charge in [-0.15, -0.1) is 0 Å². The summed E-state index contributed by atoms with van der Waals surface area (Å²) in [6, 6.07) is 6.11. The summed E-state index contributed by atoms with van der Waals surface area (Å²) < 4.78 is 1.92. The monoisotopic (exact) mass is 259 g/mol. The van der Waals surface area contributed by atoms with Crippen molar-refractivity contribution in [2.24, 2.45) is 12.9 Å². The summed E-state index contributed by atoms with van der Waals surface area (Å²) in [6.07, 6.45) is 3.52. The predicted molar refractivity (Wildman–Crippen MR) is 75.3 cm³/mol. The van der Waals surface area contributed by atoms with Crippen LogP contribution in [0.1, 0.15) is 35.6 Å². The Labute approximate surface area is 113 Å². The SMILES string of the molecule is CCc1cc(CC(NN)c2ncccc2C)n(C)n1. The maximum atomic E-state index is 5.69. The van der Waals surface area contributed by atoms with Crippen molar-refractivity contribution in [2.75, 3.05) is 0 Å². The first-order valence-electron chi connectivity index (χ1n) is 6.55. The zero-order valence-electron chi connectivity index (χ0n) is 11.7. The van der Waals surface area contributed by atoms with Crippen LogP contribution in [0.4, 0.5) is 0 Å². The Morgan fingerprint density at radius 2 is 2.26 bits per heavy atom. The molecule has 0 fully saturated rings. The molecule has 3 N–H and O–H groups in total. The maximum absolute atomic E-state index is 5.69. The number of hydrogen-bond donors (Lipinski definition) is 2. The molecule has 2 rings (SSSR count). The van der Waals surface area contributed by atoms with E-state index in [0.29, 0.717) is 0 Å². The van der Waals surface area contributed by atoms with Gasteiger partial charge in [-0.3, -0.25) is 20.9 Å². The molecule has 0 amide bonds.